The summed E-state index contributed by atoms with van der Waals surface area (Å²) in [7, 11) is 0. The van der Waals surface area contributed by atoms with Gasteiger partial charge in [0.15, 0.2) is 16.8 Å². The molecule has 166 valence electrons. The van der Waals surface area contributed by atoms with Gasteiger partial charge in [0.25, 0.3) is 0 Å². The van der Waals surface area contributed by atoms with Crippen molar-refractivity contribution in [2.45, 2.75) is 37.6 Å². The highest BCUT2D eigenvalue weighted by molar-refractivity contribution is 7.99. The standard InChI is InChI=1S/C23H24N4O4S/c1-15(28)24-18-8-4-16(5-9-18)21(30)14-32-23-26-25-22(17-6-10-19(29)11-7-17)27(23)13-20-3-2-12-31-20/h4-11,20,29H,2-3,12-14H2,1H3,(H,24,28)/t20-/m1/s1. The average Bonchev–Trinajstić information content (AvgIpc) is 3.43. The van der Waals surface area contributed by atoms with Crippen LogP contribution in [0.1, 0.15) is 30.1 Å². The summed E-state index contributed by atoms with van der Waals surface area (Å²) in [5, 5.41) is 21.6. The molecule has 2 heterocycles. The minimum absolute atomic E-state index is 0.0396. The third-order valence-electron chi connectivity index (χ3n) is 5.11. The Morgan fingerprint density at radius 1 is 1.16 bits per heavy atom. The predicted molar refractivity (Wildman–Crippen MR) is 122 cm³/mol. The molecule has 1 saturated heterocycles. The highest BCUT2D eigenvalue weighted by Crippen LogP contribution is 2.28. The molecule has 2 N–H and O–H groups in total. The van der Waals surface area contributed by atoms with Gasteiger partial charge in [0, 0.05) is 30.3 Å². The number of ketones is 1. The van der Waals surface area contributed by atoms with Crippen LogP contribution in [0.15, 0.2) is 53.7 Å². The van der Waals surface area contributed by atoms with Gasteiger partial charge in [-0.05, 0) is 61.4 Å². The first-order valence-corrected chi connectivity index (χ1v) is 11.4. The van der Waals surface area contributed by atoms with Crippen molar-refractivity contribution in [2.24, 2.45) is 0 Å². The fraction of sp³-hybridized carbons (Fsp3) is 0.304. The molecule has 0 unspecified atom stereocenters. The number of rotatable bonds is 8. The maximum atomic E-state index is 12.7. The van der Waals surface area contributed by atoms with Crippen LogP contribution in [-0.4, -0.2) is 50.0 Å². The highest BCUT2D eigenvalue weighted by Gasteiger charge is 2.22. The largest absolute Gasteiger partial charge is 0.508 e. The Kier molecular flexibility index (Phi) is 6.87. The van der Waals surface area contributed by atoms with Crippen molar-refractivity contribution in [1.29, 1.82) is 0 Å². The lowest BCUT2D eigenvalue weighted by atomic mass is 10.1. The molecular formula is C23H24N4O4S. The summed E-state index contributed by atoms with van der Waals surface area (Å²) in [6.45, 7) is 2.79. The number of carbonyl (C=O) groups is 2. The summed E-state index contributed by atoms with van der Waals surface area (Å²) in [5.74, 6) is 0.870. The van der Waals surface area contributed by atoms with Crippen LogP contribution in [0.2, 0.25) is 0 Å². The maximum Gasteiger partial charge on any atom is 0.221 e. The van der Waals surface area contributed by atoms with E-state index in [9.17, 15) is 14.7 Å². The van der Waals surface area contributed by atoms with E-state index in [-0.39, 0.29) is 29.3 Å². The number of ether oxygens (including phenoxy) is 1. The van der Waals surface area contributed by atoms with Crippen molar-refractivity contribution in [3.8, 4) is 17.1 Å². The van der Waals surface area contributed by atoms with Crippen LogP contribution in [0, 0.1) is 0 Å². The summed E-state index contributed by atoms with van der Waals surface area (Å²) < 4.78 is 7.79. The number of aromatic nitrogens is 3. The van der Waals surface area contributed by atoms with E-state index >= 15 is 0 Å². The molecule has 1 aliphatic heterocycles. The maximum absolute atomic E-state index is 12.7. The molecule has 8 nitrogen and oxygen atoms in total. The monoisotopic (exact) mass is 452 g/mol. The number of Topliss-reactive ketones (excluding diaryl/α,β-unsaturated/α-hetero) is 1. The Bertz CT molecular complexity index is 1090. The molecule has 1 fully saturated rings. The Morgan fingerprint density at radius 3 is 2.56 bits per heavy atom. The van der Waals surface area contributed by atoms with E-state index in [0.29, 0.717) is 28.8 Å². The zero-order valence-corrected chi connectivity index (χ0v) is 18.5. The minimum Gasteiger partial charge on any atom is -0.508 e. The average molecular weight is 453 g/mol. The number of thioether (sulfide) groups is 1. The smallest absolute Gasteiger partial charge is 0.221 e. The summed E-state index contributed by atoms with van der Waals surface area (Å²) in [4.78, 5) is 23.9. The first-order valence-electron chi connectivity index (χ1n) is 10.4. The molecule has 1 aliphatic rings. The van der Waals surface area contributed by atoms with E-state index in [0.717, 1.165) is 25.0 Å². The van der Waals surface area contributed by atoms with Crippen LogP contribution < -0.4 is 5.32 Å². The van der Waals surface area contributed by atoms with Crippen LogP contribution in [0.5, 0.6) is 5.75 Å². The van der Waals surface area contributed by atoms with E-state index in [1.165, 1.54) is 18.7 Å². The van der Waals surface area contributed by atoms with Crippen LogP contribution in [0.25, 0.3) is 11.4 Å². The topological polar surface area (TPSA) is 106 Å². The first-order chi connectivity index (χ1) is 15.5. The number of phenols is 1. The number of benzene rings is 2. The number of phenolic OH excluding ortho intramolecular Hbond substituents is 1. The molecule has 2 aromatic carbocycles. The molecule has 1 atom stereocenters. The minimum atomic E-state index is -0.158. The van der Waals surface area contributed by atoms with Gasteiger partial charge in [-0.3, -0.25) is 14.2 Å². The third-order valence-corrected chi connectivity index (χ3v) is 6.08. The zero-order valence-electron chi connectivity index (χ0n) is 17.7. The van der Waals surface area contributed by atoms with E-state index in [2.05, 4.69) is 15.5 Å². The van der Waals surface area contributed by atoms with Crippen molar-refractivity contribution in [3.63, 3.8) is 0 Å². The molecular weight excluding hydrogens is 428 g/mol. The Morgan fingerprint density at radius 2 is 1.91 bits per heavy atom. The van der Waals surface area contributed by atoms with Gasteiger partial charge in [0.2, 0.25) is 5.91 Å². The van der Waals surface area contributed by atoms with Crippen LogP contribution in [-0.2, 0) is 16.1 Å². The summed E-state index contributed by atoms with van der Waals surface area (Å²) in [6.07, 6.45) is 2.08. The van der Waals surface area contributed by atoms with Gasteiger partial charge in [0.05, 0.1) is 18.4 Å². The van der Waals surface area contributed by atoms with Gasteiger partial charge >= 0.3 is 0 Å². The number of amides is 1. The van der Waals surface area contributed by atoms with E-state index in [1.807, 2.05) is 4.57 Å². The zero-order chi connectivity index (χ0) is 22.5. The van der Waals surface area contributed by atoms with Crippen molar-refractivity contribution < 1.29 is 19.4 Å². The lowest BCUT2D eigenvalue weighted by molar-refractivity contribution is -0.114. The highest BCUT2D eigenvalue weighted by atomic mass is 32.2. The number of nitrogens with zero attached hydrogens (tertiary/aromatic N) is 3. The summed E-state index contributed by atoms with van der Waals surface area (Å²) in [5.41, 5.74) is 2.05. The molecule has 9 heteroatoms. The van der Waals surface area contributed by atoms with E-state index in [4.69, 9.17) is 4.74 Å². The second-order valence-electron chi connectivity index (χ2n) is 7.57. The van der Waals surface area contributed by atoms with Gasteiger partial charge < -0.3 is 15.2 Å². The van der Waals surface area contributed by atoms with Crippen molar-refractivity contribution in [3.05, 3.63) is 54.1 Å². The van der Waals surface area contributed by atoms with Crippen molar-refractivity contribution >= 4 is 29.1 Å². The molecule has 0 aliphatic carbocycles. The molecule has 32 heavy (non-hydrogen) atoms. The third kappa shape index (κ3) is 5.35. The van der Waals surface area contributed by atoms with Gasteiger partial charge in [0.1, 0.15) is 5.75 Å². The Labute approximate surface area is 190 Å². The van der Waals surface area contributed by atoms with Crippen LogP contribution in [0.3, 0.4) is 0 Å². The summed E-state index contributed by atoms with van der Waals surface area (Å²) in [6, 6.07) is 13.6. The van der Waals surface area contributed by atoms with Gasteiger partial charge in [-0.25, -0.2) is 0 Å². The number of anilines is 1. The number of hydrogen-bond acceptors (Lipinski definition) is 7. The SMILES string of the molecule is CC(=O)Nc1ccc(C(=O)CSc2nnc(-c3ccc(O)cc3)n2C[C@H]2CCCO2)cc1. The van der Waals surface area contributed by atoms with E-state index < -0.39 is 0 Å². The molecule has 1 amide bonds. The van der Waals surface area contributed by atoms with Crippen molar-refractivity contribution in [1.82, 2.24) is 14.8 Å². The fourth-order valence-corrected chi connectivity index (χ4v) is 4.37. The lowest BCUT2D eigenvalue weighted by Gasteiger charge is -2.14. The van der Waals surface area contributed by atoms with Crippen LogP contribution >= 0.6 is 11.8 Å². The molecule has 4 rings (SSSR count). The molecule has 0 radical (unpaired) electrons. The summed E-state index contributed by atoms with van der Waals surface area (Å²) >= 11 is 1.33. The number of aromatic hydroxyl groups is 1. The molecule has 0 bridgehead atoms. The fourth-order valence-electron chi connectivity index (χ4n) is 3.53. The normalized spacial score (nSPS) is 15.6. The number of nitrogens with one attached hydrogen (secondary N) is 1. The Balaban J connectivity index is 1.50. The quantitative estimate of drug-likeness (QED) is 0.396. The van der Waals surface area contributed by atoms with Gasteiger partial charge in [-0.15, -0.1) is 10.2 Å². The van der Waals surface area contributed by atoms with Crippen LogP contribution in [0.4, 0.5) is 5.69 Å². The Hall–Kier alpha value is -3.17. The molecule has 3 aromatic rings. The molecule has 0 saturated carbocycles. The van der Waals surface area contributed by atoms with Crippen molar-refractivity contribution in [2.75, 3.05) is 17.7 Å². The first kappa shape index (κ1) is 22.0. The lowest BCUT2D eigenvalue weighted by Crippen LogP contribution is -2.17. The number of hydrogen-bond donors (Lipinski definition) is 2. The van der Waals surface area contributed by atoms with Gasteiger partial charge in [-0.2, -0.15) is 0 Å². The molecule has 1 aromatic heterocycles. The number of carbonyl (C=O) groups excluding carboxylic acids is 2. The predicted octanol–water partition coefficient (Wildman–Crippen LogP) is 3.76. The van der Waals surface area contributed by atoms with E-state index in [1.54, 1.807) is 48.5 Å². The van der Waals surface area contributed by atoms with Gasteiger partial charge in [-0.1, -0.05) is 11.8 Å². The second-order valence-corrected chi connectivity index (χ2v) is 8.51. The molecule has 0 spiro atoms. The second kappa shape index (κ2) is 9.97.